The minimum Gasteiger partial charge on any atom is -0.487 e. The van der Waals surface area contributed by atoms with Gasteiger partial charge in [0.15, 0.2) is 5.78 Å². The summed E-state index contributed by atoms with van der Waals surface area (Å²) in [4.78, 5) is 15.9. The topological polar surface area (TPSA) is 39.2 Å². The second kappa shape index (κ2) is 5.22. The highest BCUT2D eigenvalue weighted by atomic mass is 16.5. The average Bonchev–Trinajstić information content (AvgIpc) is 2.46. The fraction of sp³-hybridized carbons (Fsp3) is 0.250. The normalized spacial score (nSPS) is 14.0. The van der Waals surface area contributed by atoms with Gasteiger partial charge in [-0.2, -0.15) is 0 Å². The molecule has 3 nitrogen and oxygen atoms in total. The fourth-order valence-corrected chi connectivity index (χ4v) is 2.35. The maximum absolute atomic E-state index is 11.7. The Morgan fingerprint density at radius 2 is 2.11 bits per heavy atom. The van der Waals surface area contributed by atoms with Crippen molar-refractivity contribution in [3.63, 3.8) is 0 Å². The van der Waals surface area contributed by atoms with Gasteiger partial charge in [0.25, 0.3) is 0 Å². The first-order valence-electron chi connectivity index (χ1n) is 6.52. The summed E-state index contributed by atoms with van der Waals surface area (Å²) in [6.45, 7) is 0.452. The summed E-state index contributed by atoms with van der Waals surface area (Å²) >= 11 is 0. The third-order valence-electron chi connectivity index (χ3n) is 3.34. The van der Waals surface area contributed by atoms with E-state index in [1.807, 2.05) is 36.4 Å². The Hall–Kier alpha value is -2.16. The van der Waals surface area contributed by atoms with Gasteiger partial charge < -0.3 is 4.74 Å². The Balaban J connectivity index is 1.74. The third kappa shape index (κ3) is 2.65. The minimum atomic E-state index is 0.248. The number of pyridine rings is 1. The zero-order valence-electron chi connectivity index (χ0n) is 10.6. The molecule has 0 N–H and O–H groups in total. The highest BCUT2D eigenvalue weighted by molar-refractivity contribution is 5.98. The van der Waals surface area contributed by atoms with Crippen molar-refractivity contribution >= 4 is 5.78 Å². The summed E-state index contributed by atoms with van der Waals surface area (Å²) in [7, 11) is 0. The number of carbonyl (C=O) groups is 1. The molecular weight excluding hydrogens is 238 g/mol. The molecule has 1 aromatic carbocycles. The molecule has 0 fully saturated rings. The molecule has 0 unspecified atom stereocenters. The van der Waals surface area contributed by atoms with Gasteiger partial charge in [0, 0.05) is 18.2 Å². The van der Waals surface area contributed by atoms with Crippen molar-refractivity contribution in [3.05, 3.63) is 59.4 Å². The zero-order valence-corrected chi connectivity index (χ0v) is 10.6. The van der Waals surface area contributed by atoms with Crippen LogP contribution in [0.15, 0.2) is 42.6 Å². The van der Waals surface area contributed by atoms with Crippen LogP contribution < -0.4 is 4.74 Å². The SMILES string of the molecule is O=C1CCCc2cc(OCc3ccccn3)ccc21. The molecule has 0 saturated heterocycles. The number of hydrogen-bond acceptors (Lipinski definition) is 3. The monoisotopic (exact) mass is 253 g/mol. The molecule has 0 atom stereocenters. The molecule has 0 saturated carbocycles. The van der Waals surface area contributed by atoms with Gasteiger partial charge in [-0.3, -0.25) is 9.78 Å². The smallest absolute Gasteiger partial charge is 0.163 e. The van der Waals surface area contributed by atoms with Crippen LogP contribution in [0.2, 0.25) is 0 Å². The van der Waals surface area contributed by atoms with Crippen molar-refractivity contribution in [2.45, 2.75) is 25.9 Å². The van der Waals surface area contributed by atoms with Gasteiger partial charge in [0.1, 0.15) is 12.4 Å². The van der Waals surface area contributed by atoms with Gasteiger partial charge >= 0.3 is 0 Å². The number of rotatable bonds is 3. The number of aromatic nitrogens is 1. The van der Waals surface area contributed by atoms with Crippen LogP contribution >= 0.6 is 0 Å². The lowest BCUT2D eigenvalue weighted by Crippen LogP contribution is -2.10. The first kappa shape index (κ1) is 11.9. The number of benzene rings is 1. The summed E-state index contributed by atoms with van der Waals surface area (Å²) in [6.07, 6.45) is 4.32. The van der Waals surface area contributed by atoms with E-state index in [-0.39, 0.29) is 5.78 Å². The number of ketones is 1. The summed E-state index contributed by atoms with van der Waals surface area (Å²) in [6, 6.07) is 11.5. The van der Waals surface area contributed by atoms with Crippen molar-refractivity contribution in [1.82, 2.24) is 4.98 Å². The number of Topliss-reactive ketones (excluding diaryl/α,β-unsaturated/α-hetero) is 1. The van der Waals surface area contributed by atoms with E-state index in [1.54, 1.807) is 6.20 Å². The molecular formula is C16H15NO2. The van der Waals surface area contributed by atoms with E-state index in [1.165, 1.54) is 0 Å². The predicted molar refractivity (Wildman–Crippen MR) is 72.3 cm³/mol. The zero-order chi connectivity index (χ0) is 13.1. The lowest BCUT2D eigenvalue weighted by molar-refractivity contribution is 0.0972. The van der Waals surface area contributed by atoms with Crippen molar-refractivity contribution in [3.8, 4) is 5.75 Å². The van der Waals surface area contributed by atoms with Gasteiger partial charge in [-0.1, -0.05) is 6.07 Å². The molecule has 1 aromatic heterocycles. The number of hydrogen-bond donors (Lipinski definition) is 0. The molecule has 1 heterocycles. The largest absolute Gasteiger partial charge is 0.487 e. The van der Waals surface area contributed by atoms with E-state index < -0.39 is 0 Å². The number of aryl methyl sites for hydroxylation is 1. The standard InChI is InChI=1S/C16H15NO2/c18-16-6-3-4-12-10-14(7-8-15(12)16)19-11-13-5-1-2-9-17-13/h1-2,5,7-10H,3-4,6,11H2. The van der Waals surface area contributed by atoms with E-state index in [4.69, 9.17) is 4.74 Å². The van der Waals surface area contributed by atoms with Crippen LogP contribution in [0.3, 0.4) is 0 Å². The molecule has 1 aliphatic carbocycles. The van der Waals surface area contributed by atoms with Crippen LogP contribution in [0.5, 0.6) is 5.75 Å². The highest BCUT2D eigenvalue weighted by Crippen LogP contribution is 2.25. The number of carbonyl (C=O) groups excluding carboxylic acids is 1. The second-order valence-electron chi connectivity index (χ2n) is 4.71. The summed E-state index contributed by atoms with van der Waals surface area (Å²) in [5.74, 6) is 1.05. The quantitative estimate of drug-likeness (QED) is 0.843. The van der Waals surface area contributed by atoms with Crippen LogP contribution in [-0.2, 0) is 13.0 Å². The van der Waals surface area contributed by atoms with E-state index in [0.717, 1.165) is 35.4 Å². The Morgan fingerprint density at radius 1 is 1.16 bits per heavy atom. The highest BCUT2D eigenvalue weighted by Gasteiger charge is 2.17. The van der Waals surface area contributed by atoms with E-state index in [0.29, 0.717) is 13.0 Å². The Bertz CT molecular complexity index is 593. The second-order valence-corrected chi connectivity index (χ2v) is 4.71. The molecule has 0 bridgehead atoms. The molecule has 3 heteroatoms. The average molecular weight is 253 g/mol. The molecule has 96 valence electrons. The lowest BCUT2D eigenvalue weighted by Gasteiger charge is -2.15. The van der Waals surface area contributed by atoms with Crippen molar-refractivity contribution < 1.29 is 9.53 Å². The van der Waals surface area contributed by atoms with E-state index in [9.17, 15) is 4.79 Å². The number of fused-ring (bicyclic) bond motifs is 1. The molecule has 3 rings (SSSR count). The fourth-order valence-electron chi connectivity index (χ4n) is 2.35. The molecule has 19 heavy (non-hydrogen) atoms. The van der Waals surface area contributed by atoms with E-state index in [2.05, 4.69) is 4.98 Å². The predicted octanol–water partition coefficient (Wildman–Crippen LogP) is 3.18. The number of ether oxygens (including phenoxy) is 1. The van der Waals surface area contributed by atoms with Gasteiger partial charge in [-0.15, -0.1) is 0 Å². The van der Waals surface area contributed by atoms with Gasteiger partial charge in [0.05, 0.1) is 5.69 Å². The summed E-state index contributed by atoms with van der Waals surface area (Å²) in [5.41, 5.74) is 2.86. The molecule has 0 radical (unpaired) electrons. The van der Waals surface area contributed by atoms with Gasteiger partial charge in [-0.25, -0.2) is 0 Å². The molecule has 1 aliphatic rings. The minimum absolute atomic E-state index is 0.248. The Kier molecular flexibility index (Phi) is 3.27. The summed E-state index contributed by atoms with van der Waals surface area (Å²) < 4.78 is 5.72. The third-order valence-corrected chi connectivity index (χ3v) is 3.34. The van der Waals surface area contributed by atoms with Crippen molar-refractivity contribution in [2.24, 2.45) is 0 Å². The van der Waals surface area contributed by atoms with Crippen LogP contribution in [0, 0.1) is 0 Å². The van der Waals surface area contributed by atoms with Crippen molar-refractivity contribution in [2.75, 3.05) is 0 Å². The van der Waals surface area contributed by atoms with Gasteiger partial charge in [0.2, 0.25) is 0 Å². The van der Waals surface area contributed by atoms with Crippen LogP contribution in [0.25, 0.3) is 0 Å². The molecule has 0 spiro atoms. The molecule has 2 aromatic rings. The first-order chi connectivity index (χ1) is 9.33. The molecule has 0 amide bonds. The number of nitrogens with zero attached hydrogens (tertiary/aromatic N) is 1. The molecule has 0 aliphatic heterocycles. The Labute approximate surface area is 112 Å². The van der Waals surface area contributed by atoms with Crippen LogP contribution in [0.1, 0.15) is 34.5 Å². The Morgan fingerprint density at radius 3 is 2.95 bits per heavy atom. The van der Waals surface area contributed by atoms with Crippen LogP contribution in [0.4, 0.5) is 0 Å². The summed E-state index contributed by atoms with van der Waals surface area (Å²) in [5, 5.41) is 0. The van der Waals surface area contributed by atoms with E-state index >= 15 is 0 Å². The van der Waals surface area contributed by atoms with Gasteiger partial charge in [-0.05, 0) is 48.7 Å². The van der Waals surface area contributed by atoms with Crippen molar-refractivity contribution in [1.29, 1.82) is 0 Å². The lowest BCUT2D eigenvalue weighted by atomic mass is 9.90. The first-order valence-corrected chi connectivity index (χ1v) is 6.52. The maximum Gasteiger partial charge on any atom is 0.163 e. The maximum atomic E-state index is 11.7. The van der Waals surface area contributed by atoms with Crippen LogP contribution in [-0.4, -0.2) is 10.8 Å².